The molecular weight excluding hydrogens is 925 g/mol. The Hall–Kier alpha value is -3.41. The second-order valence-corrected chi connectivity index (χ2v) is 21.3. The molecule has 0 aliphatic carbocycles. The van der Waals surface area contributed by atoms with Crippen molar-refractivity contribution >= 4 is 17.9 Å². The fourth-order valence-corrected chi connectivity index (χ4v) is 9.05. The van der Waals surface area contributed by atoms with E-state index in [0.717, 1.165) is 96.3 Å². The number of hydrogen-bond donors (Lipinski definition) is 0. The van der Waals surface area contributed by atoms with Crippen molar-refractivity contribution in [1.29, 1.82) is 0 Å². The molecule has 432 valence electrons. The zero-order chi connectivity index (χ0) is 54.3. The van der Waals surface area contributed by atoms with Crippen LogP contribution in [0, 0.1) is 0 Å². The Kier molecular flexibility index (Phi) is 60.3. The van der Waals surface area contributed by atoms with Crippen molar-refractivity contribution in [2.45, 2.75) is 322 Å². The highest BCUT2D eigenvalue weighted by molar-refractivity contribution is 5.71. The summed E-state index contributed by atoms with van der Waals surface area (Å²) < 4.78 is 16.9. The van der Waals surface area contributed by atoms with E-state index in [9.17, 15) is 14.4 Å². The van der Waals surface area contributed by atoms with E-state index < -0.39 is 6.10 Å². The fourth-order valence-electron chi connectivity index (χ4n) is 9.05. The Balaban J connectivity index is 4.39. The van der Waals surface area contributed by atoms with Crippen LogP contribution in [-0.4, -0.2) is 37.2 Å². The molecule has 0 saturated heterocycles. The Morgan fingerprint density at radius 2 is 0.520 bits per heavy atom. The van der Waals surface area contributed by atoms with Gasteiger partial charge in [0, 0.05) is 19.3 Å². The van der Waals surface area contributed by atoms with Gasteiger partial charge in [-0.1, -0.05) is 266 Å². The van der Waals surface area contributed by atoms with Crippen molar-refractivity contribution in [2.24, 2.45) is 0 Å². The van der Waals surface area contributed by atoms with Gasteiger partial charge in [-0.2, -0.15) is 0 Å². The SMILES string of the molecule is CC/C=C\C/C=C\C/C=C\CCCCCCCCCC(=O)OCC(COC(=O)CCCCCCCCCCC/C=C\C/C=C\CCCCCCC)OC(=O)CCCCCCCCCCC/C=C\C/C=C\CCCCC. The summed E-state index contributed by atoms with van der Waals surface area (Å²) in [4.78, 5) is 38.4. The minimum absolute atomic E-state index is 0.0828. The van der Waals surface area contributed by atoms with E-state index in [1.807, 2.05) is 0 Å². The minimum atomic E-state index is -0.787. The molecule has 0 spiro atoms. The standard InChI is InChI=1S/C69H120O6/c1-4-7-10-13-16-19-22-25-28-31-33-34-36-38-41-44-47-50-53-56-59-62-68(71)74-65-66(64-73-67(70)61-58-55-52-49-46-43-40-37-30-27-24-21-18-15-12-9-6-3)75-69(72)63-60-57-54-51-48-45-42-39-35-32-29-26-23-20-17-14-11-8-5-2/h9,12,17-18,20-22,25-27,29-31,33,66H,4-8,10-11,13-16,19,23-24,28,32,34-65H2,1-3H3/b12-9-,20-17-,21-18-,25-22-,29-26-,30-27-,33-31-. The van der Waals surface area contributed by atoms with Gasteiger partial charge in [-0.3, -0.25) is 14.4 Å². The monoisotopic (exact) mass is 1040 g/mol. The molecule has 0 aromatic rings. The zero-order valence-corrected chi connectivity index (χ0v) is 49.6. The lowest BCUT2D eigenvalue weighted by molar-refractivity contribution is -0.167. The van der Waals surface area contributed by atoms with Crippen molar-refractivity contribution in [1.82, 2.24) is 0 Å². The number of carbonyl (C=O) groups is 3. The molecule has 75 heavy (non-hydrogen) atoms. The molecule has 1 unspecified atom stereocenters. The molecule has 0 saturated carbocycles. The van der Waals surface area contributed by atoms with Crippen molar-refractivity contribution in [3.63, 3.8) is 0 Å². The highest BCUT2D eigenvalue weighted by Crippen LogP contribution is 2.16. The maximum absolute atomic E-state index is 12.9. The van der Waals surface area contributed by atoms with E-state index in [0.29, 0.717) is 19.3 Å². The predicted molar refractivity (Wildman–Crippen MR) is 325 cm³/mol. The predicted octanol–water partition coefficient (Wildman–Crippen LogP) is 21.9. The molecule has 0 N–H and O–H groups in total. The molecule has 6 nitrogen and oxygen atoms in total. The zero-order valence-electron chi connectivity index (χ0n) is 49.6. The lowest BCUT2D eigenvalue weighted by atomic mass is 10.1. The number of rotatable bonds is 58. The van der Waals surface area contributed by atoms with Crippen LogP contribution in [0.3, 0.4) is 0 Å². The normalized spacial score (nSPS) is 12.6. The summed E-state index contributed by atoms with van der Waals surface area (Å²) in [6.07, 6.45) is 82.9. The summed E-state index contributed by atoms with van der Waals surface area (Å²) in [6, 6.07) is 0. The number of ether oxygens (including phenoxy) is 3. The Morgan fingerprint density at radius 1 is 0.280 bits per heavy atom. The van der Waals surface area contributed by atoms with Crippen molar-refractivity contribution in [2.75, 3.05) is 13.2 Å². The summed E-state index contributed by atoms with van der Waals surface area (Å²) in [5, 5.41) is 0. The second-order valence-electron chi connectivity index (χ2n) is 21.3. The third kappa shape index (κ3) is 61.3. The highest BCUT2D eigenvalue weighted by atomic mass is 16.6. The van der Waals surface area contributed by atoms with Crippen LogP contribution in [0.1, 0.15) is 316 Å². The van der Waals surface area contributed by atoms with Crippen LogP contribution in [0.15, 0.2) is 85.1 Å². The van der Waals surface area contributed by atoms with Crippen LogP contribution < -0.4 is 0 Å². The summed E-state index contributed by atoms with van der Waals surface area (Å²) in [5.41, 5.74) is 0. The van der Waals surface area contributed by atoms with Gasteiger partial charge in [0.2, 0.25) is 0 Å². The Morgan fingerprint density at radius 3 is 0.840 bits per heavy atom. The Bertz CT molecular complexity index is 1430. The quantitative estimate of drug-likeness (QED) is 0.0261. The van der Waals surface area contributed by atoms with Crippen LogP contribution >= 0.6 is 0 Å². The topological polar surface area (TPSA) is 78.9 Å². The van der Waals surface area contributed by atoms with E-state index in [4.69, 9.17) is 14.2 Å². The molecule has 0 aliphatic heterocycles. The minimum Gasteiger partial charge on any atom is -0.462 e. The van der Waals surface area contributed by atoms with Crippen LogP contribution in [0.5, 0.6) is 0 Å². The molecule has 0 amide bonds. The van der Waals surface area contributed by atoms with Gasteiger partial charge in [0.1, 0.15) is 13.2 Å². The first-order valence-electron chi connectivity index (χ1n) is 32.1. The summed E-state index contributed by atoms with van der Waals surface area (Å²) in [5.74, 6) is -0.888. The van der Waals surface area contributed by atoms with E-state index in [2.05, 4.69) is 106 Å². The van der Waals surface area contributed by atoms with Gasteiger partial charge in [0.05, 0.1) is 0 Å². The molecule has 0 bridgehead atoms. The average Bonchev–Trinajstić information content (AvgIpc) is 3.41. The molecule has 6 heteroatoms. The summed E-state index contributed by atoms with van der Waals surface area (Å²) >= 11 is 0. The summed E-state index contributed by atoms with van der Waals surface area (Å²) in [7, 11) is 0. The number of hydrogen-bond acceptors (Lipinski definition) is 6. The van der Waals surface area contributed by atoms with Gasteiger partial charge in [0.15, 0.2) is 6.10 Å². The summed E-state index contributed by atoms with van der Waals surface area (Å²) in [6.45, 7) is 6.51. The lowest BCUT2D eigenvalue weighted by Gasteiger charge is -2.18. The van der Waals surface area contributed by atoms with Crippen molar-refractivity contribution in [3.05, 3.63) is 85.1 Å². The second kappa shape index (κ2) is 63.1. The van der Waals surface area contributed by atoms with Gasteiger partial charge in [-0.05, 0) is 116 Å². The van der Waals surface area contributed by atoms with E-state index in [1.54, 1.807) is 0 Å². The first-order chi connectivity index (χ1) is 37.0. The molecule has 0 heterocycles. The number of unbranched alkanes of at least 4 members (excludes halogenated alkanes) is 33. The molecule has 0 radical (unpaired) electrons. The van der Waals surface area contributed by atoms with Gasteiger partial charge in [0.25, 0.3) is 0 Å². The third-order valence-corrected chi connectivity index (χ3v) is 13.9. The molecule has 0 aromatic carbocycles. The maximum Gasteiger partial charge on any atom is 0.306 e. The molecule has 1 atom stereocenters. The number of carbonyl (C=O) groups excluding carboxylic acids is 3. The molecule has 0 aromatic heterocycles. The van der Waals surface area contributed by atoms with Crippen LogP contribution in [0.25, 0.3) is 0 Å². The van der Waals surface area contributed by atoms with Crippen LogP contribution in [-0.2, 0) is 28.6 Å². The van der Waals surface area contributed by atoms with Crippen LogP contribution in [0.4, 0.5) is 0 Å². The van der Waals surface area contributed by atoms with Gasteiger partial charge in [-0.15, -0.1) is 0 Å². The Labute approximate surface area is 465 Å². The largest absolute Gasteiger partial charge is 0.462 e. The van der Waals surface area contributed by atoms with Gasteiger partial charge >= 0.3 is 17.9 Å². The van der Waals surface area contributed by atoms with E-state index in [-0.39, 0.29) is 31.1 Å². The van der Waals surface area contributed by atoms with Crippen LogP contribution in [0.2, 0.25) is 0 Å². The van der Waals surface area contributed by atoms with Crippen molar-refractivity contribution in [3.8, 4) is 0 Å². The maximum atomic E-state index is 12.9. The molecule has 0 aliphatic rings. The van der Waals surface area contributed by atoms with Gasteiger partial charge < -0.3 is 14.2 Å². The first-order valence-corrected chi connectivity index (χ1v) is 32.1. The molecule has 0 rings (SSSR count). The van der Waals surface area contributed by atoms with E-state index in [1.165, 1.54) is 180 Å². The van der Waals surface area contributed by atoms with Gasteiger partial charge in [-0.25, -0.2) is 0 Å². The van der Waals surface area contributed by atoms with Crippen molar-refractivity contribution < 1.29 is 28.6 Å². The molecular formula is C69H120O6. The fraction of sp³-hybridized carbons (Fsp3) is 0.754. The van der Waals surface area contributed by atoms with E-state index >= 15 is 0 Å². The number of allylic oxidation sites excluding steroid dienone is 14. The highest BCUT2D eigenvalue weighted by Gasteiger charge is 2.19. The molecule has 0 fully saturated rings. The smallest absolute Gasteiger partial charge is 0.306 e. The third-order valence-electron chi connectivity index (χ3n) is 13.9. The number of esters is 3. The average molecular weight is 1050 g/mol. The first kappa shape index (κ1) is 71.6. The lowest BCUT2D eigenvalue weighted by Crippen LogP contribution is -2.30.